The van der Waals surface area contributed by atoms with Crippen LogP contribution in [0.4, 0.5) is 0 Å². The quantitative estimate of drug-likeness (QED) is 0.757. The smallest absolute Gasteiger partial charge is 0.248 e. The second-order valence-electron chi connectivity index (χ2n) is 5.56. The predicted octanol–water partition coefficient (Wildman–Crippen LogP) is 2.28. The summed E-state index contributed by atoms with van der Waals surface area (Å²) in [5.74, 6) is -0.621. The van der Waals surface area contributed by atoms with Crippen LogP contribution in [0.25, 0.3) is 6.08 Å². The Bertz CT molecular complexity index is 706. The van der Waals surface area contributed by atoms with Crippen LogP contribution in [0.2, 0.25) is 0 Å². The van der Waals surface area contributed by atoms with E-state index in [-0.39, 0.29) is 11.9 Å². The van der Waals surface area contributed by atoms with E-state index in [1.807, 2.05) is 25.5 Å². The Morgan fingerprint density at radius 2 is 1.96 bits per heavy atom. The van der Waals surface area contributed by atoms with Crippen LogP contribution < -0.4 is 11.1 Å². The lowest BCUT2D eigenvalue weighted by atomic mass is 10.1. The maximum Gasteiger partial charge on any atom is 0.248 e. The van der Waals surface area contributed by atoms with E-state index < -0.39 is 5.91 Å². The summed E-state index contributed by atoms with van der Waals surface area (Å²) in [6.45, 7) is 0.539. The Kier molecular flexibility index (Phi) is 6.28. The van der Waals surface area contributed by atoms with Gasteiger partial charge in [0.05, 0.1) is 6.04 Å². The van der Waals surface area contributed by atoms with Crippen LogP contribution in [0, 0.1) is 0 Å². The fraction of sp³-hybridized carbons (Fsp3) is 0.222. The van der Waals surface area contributed by atoms with Crippen LogP contribution in [-0.4, -0.2) is 37.4 Å². The van der Waals surface area contributed by atoms with E-state index in [0.29, 0.717) is 12.1 Å². The Morgan fingerprint density at radius 1 is 1.25 bits per heavy atom. The number of amides is 2. The zero-order chi connectivity index (χ0) is 17.5. The van der Waals surface area contributed by atoms with E-state index in [1.54, 1.807) is 41.7 Å². The van der Waals surface area contributed by atoms with Crippen LogP contribution in [-0.2, 0) is 4.79 Å². The van der Waals surface area contributed by atoms with Crippen molar-refractivity contribution in [3.05, 3.63) is 63.9 Å². The number of nitrogens with one attached hydrogen (secondary N) is 1. The van der Waals surface area contributed by atoms with Gasteiger partial charge in [0.25, 0.3) is 0 Å². The number of hydrogen-bond donors (Lipinski definition) is 2. The SMILES string of the molecule is CN(C)[C@H](CNC(=O)/C=C/c1ccc(C(N)=O)cc1)c1cccs1. The molecule has 3 N–H and O–H groups in total. The molecule has 0 aliphatic carbocycles. The first kappa shape index (κ1) is 17.9. The van der Waals surface area contributed by atoms with Gasteiger partial charge < -0.3 is 16.0 Å². The van der Waals surface area contributed by atoms with Crippen LogP contribution in [0.1, 0.15) is 26.8 Å². The third kappa shape index (κ3) is 5.04. The zero-order valence-electron chi connectivity index (χ0n) is 13.7. The number of rotatable bonds is 7. The van der Waals surface area contributed by atoms with Crippen molar-refractivity contribution < 1.29 is 9.59 Å². The molecule has 0 spiro atoms. The van der Waals surface area contributed by atoms with Crippen molar-refractivity contribution in [1.29, 1.82) is 0 Å². The molecule has 24 heavy (non-hydrogen) atoms. The molecule has 6 heteroatoms. The Morgan fingerprint density at radius 3 is 2.50 bits per heavy atom. The molecule has 0 fully saturated rings. The number of nitrogens with zero attached hydrogens (tertiary/aromatic N) is 1. The van der Waals surface area contributed by atoms with Gasteiger partial charge in [0.2, 0.25) is 11.8 Å². The highest BCUT2D eigenvalue weighted by atomic mass is 32.1. The first-order valence-corrected chi connectivity index (χ1v) is 8.41. The second-order valence-corrected chi connectivity index (χ2v) is 6.54. The zero-order valence-corrected chi connectivity index (χ0v) is 14.5. The van der Waals surface area contributed by atoms with Gasteiger partial charge in [-0.25, -0.2) is 0 Å². The normalized spacial score (nSPS) is 12.5. The third-order valence-corrected chi connectivity index (χ3v) is 4.56. The fourth-order valence-corrected chi connectivity index (χ4v) is 3.13. The molecule has 126 valence electrons. The Hall–Kier alpha value is -2.44. The number of carbonyl (C=O) groups excluding carboxylic acids is 2. The lowest BCUT2D eigenvalue weighted by molar-refractivity contribution is -0.116. The van der Waals surface area contributed by atoms with Crippen molar-refractivity contribution in [1.82, 2.24) is 10.2 Å². The molecule has 1 atom stereocenters. The topological polar surface area (TPSA) is 75.4 Å². The first-order chi connectivity index (χ1) is 11.5. The number of hydrogen-bond acceptors (Lipinski definition) is 4. The van der Waals surface area contributed by atoms with E-state index in [9.17, 15) is 9.59 Å². The minimum absolute atomic E-state index is 0.150. The minimum Gasteiger partial charge on any atom is -0.366 e. The predicted molar refractivity (Wildman–Crippen MR) is 97.8 cm³/mol. The average molecular weight is 343 g/mol. The van der Waals surface area contributed by atoms with Gasteiger partial charge in [-0.05, 0) is 49.3 Å². The summed E-state index contributed by atoms with van der Waals surface area (Å²) >= 11 is 1.68. The van der Waals surface area contributed by atoms with Gasteiger partial charge in [-0.1, -0.05) is 18.2 Å². The number of primary amides is 1. The number of benzene rings is 1. The summed E-state index contributed by atoms with van der Waals surface area (Å²) in [5.41, 5.74) is 6.47. The highest BCUT2D eigenvalue weighted by Crippen LogP contribution is 2.22. The molecular formula is C18H21N3O2S. The molecular weight excluding hydrogens is 322 g/mol. The lowest BCUT2D eigenvalue weighted by Gasteiger charge is -2.23. The van der Waals surface area contributed by atoms with Crippen LogP contribution >= 0.6 is 11.3 Å². The highest BCUT2D eigenvalue weighted by Gasteiger charge is 2.15. The Balaban J connectivity index is 1.91. The number of nitrogens with two attached hydrogens (primary N) is 1. The fourth-order valence-electron chi connectivity index (χ4n) is 2.21. The summed E-state index contributed by atoms with van der Waals surface area (Å²) in [5, 5.41) is 4.95. The molecule has 1 heterocycles. The average Bonchev–Trinajstić information content (AvgIpc) is 3.07. The summed E-state index contributed by atoms with van der Waals surface area (Å²) in [4.78, 5) is 26.3. The van der Waals surface area contributed by atoms with Gasteiger partial charge in [0, 0.05) is 23.1 Å². The monoisotopic (exact) mass is 343 g/mol. The number of likely N-dealkylation sites (N-methyl/N-ethyl adjacent to an activating group) is 1. The van der Waals surface area contributed by atoms with Crippen LogP contribution in [0.15, 0.2) is 47.9 Å². The van der Waals surface area contributed by atoms with Crippen LogP contribution in [0.3, 0.4) is 0 Å². The molecule has 2 rings (SSSR count). The summed E-state index contributed by atoms with van der Waals surface area (Å²) in [6, 6.07) is 11.0. The van der Waals surface area contributed by atoms with E-state index in [4.69, 9.17) is 5.73 Å². The van der Waals surface area contributed by atoms with Crippen molar-refractivity contribution >= 4 is 29.2 Å². The van der Waals surface area contributed by atoms with Gasteiger partial charge in [-0.15, -0.1) is 11.3 Å². The van der Waals surface area contributed by atoms with E-state index in [1.165, 1.54) is 11.0 Å². The van der Waals surface area contributed by atoms with Gasteiger partial charge in [-0.3, -0.25) is 9.59 Å². The molecule has 0 saturated heterocycles. The molecule has 5 nitrogen and oxygen atoms in total. The number of thiophene rings is 1. The Labute approximate surface area is 145 Å². The van der Waals surface area contributed by atoms with E-state index in [0.717, 1.165) is 5.56 Å². The lowest BCUT2D eigenvalue weighted by Crippen LogP contribution is -2.33. The second kappa shape index (κ2) is 8.42. The van der Waals surface area contributed by atoms with Gasteiger partial charge in [0.1, 0.15) is 0 Å². The molecule has 2 amide bonds. The molecule has 0 radical (unpaired) electrons. The van der Waals surface area contributed by atoms with E-state index >= 15 is 0 Å². The van der Waals surface area contributed by atoms with Gasteiger partial charge in [0.15, 0.2) is 0 Å². The highest BCUT2D eigenvalue weighted by molar-refractivity contribution is 7.10. The molecule has 0 saturated carbocycles. The molecule has 1 aromatic carbocycles. The summed E-state index contributed by atoms with van der Waals surface area (Å²) < 4.78 is 0. The molecule has 0 unspecified atom stereocenters. The molecule has 0 aliphatic rings. The van der Waals surface area contributed by atoms with Crippen molar-refractivity contribution in [3.8, 4) is 0 Å². The van der Waals surface area contributed by atoms with Gasteiger partial charge >= 0.3 is 0 Å². The summed E-state index contributed by atoms with van der Waals surface area (Å²) in [6.07, 6.45) is 3.19. The third-order valence-electron chi connectivity index (χ3n) is 3.59. The number of carbonyl (C=O) groups is 2. The first-order valence-electron chi connectivity index (χ1n) is 7.53. The molecule has 0 aliphatic heterocycles. The maximum absolute atomic E-state index is 12.0. The van der Waals surface area contributed by atoms with E-state index in [2.05, 4.69) is 16.3 Å². The molecule has 1 aromatic heterocycles. The summed E-state index contributed by atoms with van der Waals surface area (Å²) in [7, 11) is 3.99. The molecule has 2 aromatic rings. The maximum atomic E-state index is 12.0. The minimum atomic E-state index is -0.466. The van der Waals surface area contributed by atoms with Crippen molar-refractivity contribution in [2.75, 3.05) is 20.6 Å². The van der Waals surface area contributed by atoms with Crippen LogP contribution in [0.5, 0.6) is 0 Å². The largest absolute Gasteiger partial charge is 0.366 e. The van der Waals surface area contributed by atoms with Crippen molar-refractivity contribution in [2.45, 2.75) is 6.04 Å². The van der Waals surface area contributed by atoms with Crippen molar-refractivity contribution in [3.63, 3.8) is 0 Å². The molecule has 0 bridgehead atoms. The van der Waals surface area contributed by atoms with Crippen molar-refractivity contribution in [2.24, 2.45) is 5.73 Å². The van der Waals surface area contributed by atoms with Gasteiger partial charge in [-0.2, -0.15) is 0 Å². The standard InChI is InChI=1S/C18H21N3O2S/c1-21(2)15(16-4-3-11-24-16)12-20-17(22)10-7-13-5-8-14(9-6-13)18(19)23/h3-11,15H,12H2,1-2H3,(H2,19,23)(H,20,22)/b10-7+/t15-/m1/s1.